The van der Waals surface area contributed by atoms with Crippen LogP contribution in [0.1, 0.15) is 24.8 Å². The SMILES string of the molecule is Fc1cc(Cl)ccc1CC1CCCCNC1. The van der Waals surface area contributed by atoms with Gasteiger partial charge in [0.2, 0.25) is 0 Å². The van der Waals surface area contributed by atoms with E-state index in [1.807, 2.05) is 6.07 Å². The molecule has 1 aliphatic rings. The Morgan fingerprint density at radius 3 is 3.06 bits per heavy atom. The fraction of sp³-hybridized carbons (Fsp3) is 0.538. The molecule has 0 saturated carbocycles. The molecule has 0 bridgehead atoms. The molecule has 0 amide bonds. The Balaban J connectivity index is 2.01. The second-order valence-electron chi connectivity index (χ2n) is 4.51. The average Bonchev–Trinajstić information content (AvgIpc) is 2.51. The summed E-state index contributed by atoms with van der Waals surface area (Å²) in [4.78, 5) is 0. The van der Waals surface area contributed by atoms with Crippen LogP contribution in [0.15, 0.2) is 18.2 Å². The van der Waals surface area contributed by atoms with Gasteiger partial charge in [-0.15, -0.1) is 0 Å². The summed E-state index contributed by atoms with van der Waals surface area (Å²) in [7, 11) is 0. The number of rotatable bonds is 2. The van der Waals surface area contributed by atoms with Crippen molar-refractivity contribution in [2.24, 2.45) is 5.92 Å². The number of nitrogens with one attached hydrogen (secondary N) is 1. The highest BCUT2D eigenvalue weighted by molar-refractivity contribution is 6.30. The van der Waals surface area contributed by atoms with Gasteiger partial charge in [-0.1, -0.05) is 24.1 Å². The Kier molecular flexibility index (Phi) is 4.19. The third-order valence-electron chi connectivity index (χ3n) is 3.17. The largest absolute Gasteiger partial charge is 0.316 e. The van der Waals surface area contributed by atoms with Crippen molar-refractivity contribution in [2.75, 3.05) is 13.1 Å². The third-order valence-corrected chi connectivity index (χ3v) is 3.41. The molecule has 2 rings (SSSR count). The van der Waals surface area contributed by atoms with E-state index in [1.54, 1.807) is 6.07 Å². The fourth-order valence-electron chi connectivity index (χ4n) is 2.26. The number of hydrogen-bond acceptors (Lipinski definition) is 1. The van der Waals surface area contributed by atoms with Crippen molar-refractivity contribution in [3.63, 3.8) is 0 Å². The van der Waals surface area contributed by atoms with Gasteiger partial charge in [-0.25, -0.2) is 4.39 Å². The zero-order chi connectivity index (χ0) is 11.4. The molecule has 1 aromatic rings. The summed E-state index contributed by atoms with van der Waals surface area (Å²) in [5, 5.41) is 3.87. The van der Waals surface area contributed by atoms with E-state index in [2.05, 4.69) is 5.32 Å². The molecular weight excluding hydrogens is 225 g/mol. The normalized spacial score (nSPS) is 21.8. The molecule has 1 fully saturated rings. The number of benzene rings is 1. The van der Waals surface area contributed by atoms with Gasteiger partial charge < -0.3 is 5.32 Å². The van der Waals surface area contributed by atoms with E-state index in [4.69, 9.17) is 11.6 Å². The van der Waals surface area contributed by atoms with Crippen LogP contribution in [0, 0.1) is 11.7 Å². The molecule has 16 heavy (non-hydrogen) atoms. The monoisotopic (exact) mass is 241 g/mol. The lowest BCUT2D eigenvalue weighted by molar-refractivity contribution is 0.466. The summed E-state index contributed by atoms with van der Waals surface area (Å²) in [6, 6.07) is 4.98. The quantitative estimate of drug-likeness (QED) is 0.837. The lowest BCUT2D eigenvalue weighted by atomic mass is 9.95. The van der Waals surface area contributed by atoms with Crippen LogP contribution >= 0.6 is 11.6 Å². The lowest BCUT2D eigenvalue weighted by Gasteiger charge is -2.14. The summed E-state index contributed by atoms with van der Waals surface area (Å²) in [5.41, 5.74) is 0.790. The standard InChI is InChI=1S/C13H17ClFN/c14-12-5-4-11(13(15)8-12)7-10-3-1-2-6-16-9-10/h4-5,8,10,16H,1-3,6-7,9H2. The second-order valence-corrected chi connectivity index (χ2v) is 4.94. The zero-order valence-corrected chi connectivity index (χ0v) is 10.1. The zero-order valence-electron chi connectivity index (χ0n) is 9.31. The van der Waals surface area contributed by atoms with Crippen molar-refractivity contribution in [3.05, 3.63) is 34.6 Å². The minimum absolute atomic E-state index is 0.170. The van der Waals surface area contributed by atoms with Crippen molar-refractivity contribution < 1.29 is 4.39 Å². The van der Waals surface area contributed by atoms with Gasteiger partial charge in [-0.05, 0) is 56.0 Å². The van der Waals surface area contributed by atoms with E-state index in [9.17, 15) is 4.39 Å². The van der Waals surface area contributed by atoms with Crippen molar-refractivity contribution in [1.82, 2.24) is 5.32 Å². The van der Waals surface area contributed by atoms with Gasteiger partial charge in [0.25, 0.3) is 0 Å². The molecule has 1 aromatic carbocycles. The van der Waals surface area contributed by atoms with Crippen LogP contribution in [0.2, 0.25) is 5.02 Å². The number of hydrogen-bond donors (Lipinski definition) is 1. The molecule has 1 unspecified atom stereocenters. The molecule has 1 N–H and O–H groups in total. The maximum Gasteiger partial charge on any atom is 0.127 e. The first-order chi connectivity index (χ1) is 7.75. The summed E-state index contributed by atoms with van der Waals surface area (Å²) < 4.78 is 13.6. The number of halogens is 2. The third kappa shape index (κ3) is 3.19. The van der Waals surface area contributed by atoms with E-state index in [-0.39, 0.29) is 5.82 Å². The molecule has 3 heteroatoms. The minimum Gasteiger partial charge on any atom is -0.316 e. The first-order valence-corrected chi connectivity index (χ1v) is 6.28. The molecule has 1 saturated heterocycles. The van der Waals surface area contributed by atoms with E-state index in [0.29, 0.717) is 10.9 Å². The Hall–Kier alpha value is -0.600. The topological polar surface area (TPSA) is 12.0 Å². The molecular formula is C13H17ClFN. The average molecular weight is 242 g/mol. The van der Waals surface area contributed by atoms with Crippen LogP contribution < -0.4 is 5.32 Å². The van der Waals surface area contributed by atoms with Crippen molar-refractivity contribution in [3.8, 4) is 0 Å². The van der Waals surface area contributed by atoms with Crippen LogP contribution in [0.5, 0.6) is 0 Å². The van der Waals surface area contributed by atoms with Crippen LogP contribution in [-0.4, -0.2) is 13.1 Å². The Bertz CT molecular complexity index is 346. The van der Waals surface area contributed by atoms with Gasteiger partial charge in [0.1, 0.15) is 5.82 Å². The maximum absolute atomic E-state index is 13.6. The summed E-state index contributed by atoms with van der Waals surface area (Å²) >= 11 is 5.73. The molecule has 0 spiro atoms. The van der Waals surface area contributed by atoms with Gasteiger partial charge in [0, 0.05) is 5.02 Å². The molecule has 88 valence electrons. The van der Waals surface area contributed by atoms with E-state index in [1.165, 1.54) is 25.3 Å². The highest BCUT2D eigenvalue weighted by Crippen LogP contribution is 2.21. The predicted octanol–water partition coefficient (Wildman–Crippen LogP) is 3.41. The van der Waals surface area contributed by atoms with Crippen molar-refractivity contribution >= 4 is 11.6 Å². The van der Waals surface area contributed by atoms with Crippen LogP contribution in [0.25, 0.3) is 0 Å². The first-order valence-electron chi connectivity index (χ1n) is 5.90. The fourth-order valence-corrected chi connectivity index (χ4v) is 2.42. The predicted molar refractivity (Wildman–Crippen MR) is 65.3 cm³/mol. The highest BCUT2D eigenvalue weighted by atomic mass is 35.5. The Morgan fingerprint density at radius 2 is 2.25 bits per heavy atom. The van der Waals surface area contributed by atoms with E-state index in [0.717, 1.165) is 25.1 Å². The highest BCUT2D eigenvalue weighted by Gasteiger charge is 2.14. The Labute approximate surface area is 101 Å². The molecule has 0 aliphatic carbocycles. The van der Waals surface area contributed by atoms with Crippen molar-refractivity contribution in [2.45, 2.75) is 25.7 Å². The maximum atomic E-state index is 13.6. The van der Waals surface area contributed by atoms with Crippen LogP contribution in [0.4, 0.5) is 4.39 Å². The molecule has 1 nitrogen and oxygen atoms in total. The second kappa shape index (κ2) is 5.65. The molecule has 1 heterocycles. The van der Waals surface area contributed by atoms with Gasteiger partial charge in [-0.2, -0.15) is 0 Å². The van der Waals surface area contributed by atoms with Crippen molar-refractivity contribution in [1.29, 1.82) is 0 Å². The summed E-state index contributed by atoms with van der Waals surface area (Å²) in [6.07, 6.45) is 4.48. The molecule has 0 aromatic heterocycles. The van der Waals surface area contributed by atoms with Gasteiger partial charge in [0.15, 0.2) is 0 Å². The molecule has 1 aliphatic heterocycles. The molecule has 0 radical (unpaired) electrons. The first kappa shape index (κ1) is 11.9. The molecule has 1 atom stereocenters. The lowest BCUT2D eigenvalue weighted by Crippen LogP contribution is -2.22. The van der Waals surface area contributed by atoms with E-state index >= 15 is 0 Å². The van der Waals surface area contributed by atoms with Gasteiger partial charge in [-0.3, -0.25) is 0 Å². The van der Waals surface area contributed by atoms with Gasteiger partial charge in [0.05, 0.1) is 0 Å². The minimum atomic E-state index is -0.170. The summed E-state index contributed by atoms with van der Waals surface area (Å²) in [5.74, 6) is 0.384. The van der Waals surface area contributed by atoms with Crippen LogP contribution in [0.3, 0.4) is 0 Å². The van der Waals surface area contributed by atoms with E-state index < -0.39 is 0 Å². The van der Waals surface area contributed by atoms with Gasteiger partial charge >= 0.3 is 0 Å². The smallest absolute Gasteiger partial charge is 0.127 e. The Morgan fingerprint density at radius 1 is 1.38 bits per heavy atom. The van der Waals surface area contributed by atoms with Crippen LogP contribution in [-0.2, 0) is 6.42 Å². The summed E-state index contributed by atoms with van der Waals surface area (Å²) in [6.45, 7) is 2.10.